The number of hydrogen-bond acceptors (Lipinski definition) is 3. The normalized spacial score (nSPS) is 48.0. The molecule has 4 aliphatic rings. The van der Waals surface area contributed by atoms with Crippen molar-refractivity contribution in [1.29, 1.82) is 0 Å². The van der Waals surface area contributed by atoms with E-state index in [1.807, 2.05) is 0 Å². The number of aliphatic hydroxyl groups excluding tert-OH is 1. The first-order chi connectivity index (χ1) is 14.6. The molecule has 4 unspecified atom stereocenters. The van der Waals surface area contributed by atoms with Gasteiger partial charge >= 0.3 is 0 Å². The van der Waals surface area contributed by atoms with Gasteiger partial charge < -0.3 is 14.9 Å². The van der Waals surface area contributed by atoms with Crippen LogP contribution in [0.15, 0.2) is 11.6 Å². The van der Waals surface area contributed by atoms with Crippen molar-refractivity contribution in [2.24, 2.45) is 40.4 Å². The Morgan fingerprint density at radius 1 is 1.03 bits per heavy atom. The summed E-state index contributed by atoms with van der Waals surface area (Å²) >= 11 is 0. The van der Waals surface area contributed by atoms with Gasteiger partial charge in [-0.3, -0.25) is 0 Å². The topological polar surface area (TPSA) is 49.7 Å². The van der Waals surface area contributed by atoms with Crippen molar-refractivity contribution in [1.82, 2.24) is 0 Å². The lowest BCUT2D eigenvalue weighted by Crippen LogP contribution is -2.65. The molecular formula is C28H48O3. The van der Waals surface area contributed by atoms with E-state index >= 15 is 0 Å². The third-order valence-corrected chi connectivity index (χ3v) is 10.7. The van der Waals surface area contributed by atoms with Gasteiger partial charge in [-0.15, -0.1) is 0 Å². The van der Waals surface area contributed by atoms with Gasteiger partial charge in [0.05, 0.1) is 6.10 Å². The van der Waals surface area contributed by atoms with Crippen molar-refractivity contribution in [3.05, 3.63) is 11.6 Å². The van der Waals surface area contributed by atoms with Crippen molar-refractivity contribution in [3.8, 4) is 0 Å². The molecule has 4 rings (SSSR count). The molecule has 3 nitrogen and oxygen atoms in total. The molecule has 0 saturated heterocycles. The summed E-state index contributed by atoms with van der Waals surface area (Å²) in [6.07, 6.45) is 12.9. The molecule has 0 radical (unpaired) electrons. The molecule has 0 aliphatic heterocycles. The summed E-state index contributed by atoms with van der Waals surface area (Å²) in [7, 11) is 1.73. The molecule has 0 bridgehead atoms. The van der Waals surface area contributed by atoms with E-state index in [1.165, 1.54) is 44.9 Å². The first kappa shape index (κ1) is 23.8. The molecule has 0 amide bonds. The van der Waals surface area contributed by atoms with Gasteiger partial charge in [-0.25, -0.2) is 0 Å². The number of fused-ring (bicyclic) bond motifs is 5. The van der Waals surface area contributed by atoms with Gasteiger partial charge in [0.2, 0.25) is 0 Å². The molecular weight excluding hydrogens is 384 g/mol. The second-order valence-corrected chi connectivity index (χ2v) is 12.7. The lowest BCUT2D eigenvalue weighted by atomic mass is 9.45. The van der Waals surface area contributed by atoms with Gasteiger partial charge in [0.25, 0.3) is 0 Å². The zero-order valence-corrected chi connectivity index (χ0v) is 21.0. The quantitative estimate of drug-likeness (QED) is 0.497. The van der Waals surface area contributed by atoms with E-state index in [0.29, 0.717) is 23.7 Å². The summed E-state index contributed by atoms with van der Waals surface area (Å²) in [4.78, 5) is 0. The number of ether oxygens (including phenoxy) is 1. The Balaban J connectivity index is 1.61. The number of hydrogen-bond donors (Lipinski definition) is 2. The van der Waals surface area contributed by atoms with Gasteiger partial charge in [-0.1, -0.05) is 65.5 Å². The van der Waals surface area contributed by atoms with Crippen LogP contribution in [0.3, 0.4) is 0 Å². The van der Waals surface area contributed by atoms with Crippen LogP contribution in [0.25, 0.3) is 0 Å². The summed E-state index contributed by atoms with van der Waals surface area (Å²) in [5, 5.41) is 22.3. The van der Waals surface area contributed by atoms with Crippen LogP contribution in [0.2, 0.25) is 0 Å². The van der Waals surface area contributed by atoms with Crippen LogP contribution in [-0.2, 0) is 4.74 Å². The predicted octanol–water partition coefficient (Wildman–Crippen LogP) is 6.13. The van der Waals surface area contributed by atoms with Crippen molar-refractivity contribution in [2.45, 2.75) is 117 Å². The van der Waals surface area contributed by atoms with E-state index in [2.05, 4.69) is 40.7 Å². The molecule has 31 heavy (non-hydrogen) atoms. The maximum absolute atomic E-state index is 11.9. The Kier molecular flexibility index (Phi) is 6.47. The van der Waals surface area contributed by atoms with Gasteiger partial charge in [0.1, 0.15) is 11.7 Å². The number of methoxy groups -OCH3 is 1. The number of rotatable bonds is 6. The largest absolute Gasteiger partial charge is 0.393 e. The van der Waals surface area contributed by atoms with Crippen molar-refractivity contribution < 1.29 is 14.9 Å². The third kappa shape index (κ3) is 3.66. The third-order valence-electron chi connectivity index (χ3n) is 10.7. The summed E-state index contributed by atoms with van der Waals surface area (Å²) in [5.74, 6) is 3.49. The molecule has 4 aliphatic carbocycles. The van der Waals surface area contributed by atoms with Gasteiger partial charge in [0.15, 0.2) is 0 Å². The van der Waals surface area contributed by atoms with Crippen molar-refractivity contribution in [3.63, 3.8) is 0 Å². The summed E-state index contributed by atoms with van der Waals surface area (Å²) in [6.45, 7) is 12.1. The minimum absolute atomic E-state index is 0.195. The van der Waals surface area contributed by atoms with Crippen LogP contribution in [0.4, 0.5) is 0 Å². The molecule has 3 saturated carbocycles. The minimum Gasteiger partial charge on any atom is -0.393 e. The van der Waals surface area contributed by atoms with Gasteiger partial charge in [-0.2, -0.15) is 0 Å². The highest BCUT2D eigenvalue weighted by Gasteiger charge is 2.65. The summed E-state index contributed by atoms with van der Waals surface area (Å²) in [6, 6.07) is 0. The molecule has 0 aromatic carbocycles. The Morgan fingerprint density at radius 2 is 1.77 bits per heavy atom. The fourth-order valence-corrected chi connectivity index (χ4v) is 8.81. The van der Waals surface area contributed by atoms with Crippen LogP contribution in [0.1, 0.15) is 98.8 Å². The first-order valence-electron chi connectivity index (χ1n) is 13.2. The van der Waals surface area contributed by atoms with Crippen LogP contribution in [0.5, 0.6) is 0 Å². The van der Waals surface area contributed by atoms with E-state index in [1.54, 1.807) is 12.7 Å². The zero-order valence-electron chi connectivity index (χ0n) is 21.0. The predicted molar refractivity (Wildman–Crippen MR) is 127 cm³/mol. The minimum atomic E-state index is -0.955. The van der Waals surface area contributed by atoms with E-state index in [0.717, 1.165) is 30.6 Å². The van der Waals surface area contributed by atoms with Crippen LogP contribution in [-0.4, -0.2) is 35.1 Å². The smallest absolute Gasteiger partial charge is 0.105 e. The molecule has 0 aromatic heterocycles. The molecule has 0 spiro atoms. The maximum atomic E-state index is 11.9. The molecule has 3 heteroatoms. The van der Waals surface area contributed by atoms with E-state index in [4.69, 9.17) is 4.74 Å². The fourth-order valence-electron chi connectivity index (χ4n) is 8.81. The highest BCUT2D eigenvalue weighted by Crippen LogP contribution is 2.67. The Morgan fingerprint density at radius 3 is 2.45 bits per heavy atom. The maximum Gasteiger partial charge on any atom is 0.105 e. The second-order valence-electron chi connectivity index (χ2n) is 12.7. The summed E-state index contributed by atoms with van der Waals surface area (Å²) < 4.78 is 5.92. The highest BCUT2D eigenvalue weighted by atomic mass is 16.5. The Hall–Kier alpha value is -0.380. The number of allylic oxidation sites excluding steroid dienone is 1. The molecule has 0 aromatic rings. The standard InChI is InChI=1S/C28H48O3/c1-18(2)8-7-9-19(3)22-10-11-23-21-16-25(31-6)28(30)17-20(29)12-15-27(28,5)24(21)13-14-26(22,23)4/h16,18-20,22-25,29-30H,7-15,17H2,1-6H3/t19?,20-,22?,23?,24?,25+,26+,27+,28-/m0/s1. The van der Waals surface area contributed by atoms with Crippen molar-refractivity contribution in [2.75, 3.05) is 7.11 Å². The Labute approximate surface area is 191 Å². The average molecular weight is 433 g/mol. The molecule has 2 N–H and O–H groups in total. The van der Waals surface area contributed by atoms with Crippen LogP contribution >= 0.6 is 0 Å². The van der Waals surface area contributed by atoms with Crippen LogP contribution < -0.4 is 0 Å². The lowest BCUT2D eigenvalue weighted by molar-refractivity contribution is -0.216. The molecule has 178 valence electrons. The average Bonchev–Trinajstić information content (AvgIpc) is 3.05. The van der Waals surface area contributed by atoms with Crippen molar-refractivity contribution >= 4 is 0 Å². The fraction of sp³-hybridized carbons (Fsp3) is 0.929. The lowest BCUT2D eigenvalue weighted by Gasteiger charge is -2.62. The molecule has 0 heterocycles. The molecule has 9 atom stereocenters. The van der Waals surface area contributed by atoms with Gasteiger partial charge in [0, 0.05) is 18.9 Å². The zero-order chi connectivity index (χ0) is 22.6. The molecule has 3 fully saturated rings. The van der Waals surface area contributed by atoms with E-state index < -0.39 is 11.7 Å². The van der Waals surface area contributed by atoms with E-state index in [-0.39, 0.29) is 11.5 Å². The van der Waals surface area contributed by atoms with Gasteiger partial charge in [-0.05, 0) is 73.5 Å². The first-order valence-corrected chi connectivity index (χ1v) is 13.2. The Bertz CT molecular complexity index is 686. The summed E-state index contributed by atoms with van der Waals surface area (Å²) in [5.41, 5.74) is 0.835. The second kappa shape index (κ2) is 8.44. The number of aliphatic hydroxyl groups is 2. The SMILES string of the molecule is CO[C@@H]1C=C2C3CCC(C(C)CCCC(C)C)[C@@]3(C)CCC2[C@@]2(C)CC[C@H](O)C[C@]12O. The highest BCUT2D eigenvalue weighted by molar-refractivity contribution is 5.33. The monoisotopic (exact) mass is 432 g/mol. The van der Waals surface area contributed by atoms with E-state index in [9.17, 15) is 10.2 Å². The van der Waals surface area contributed by atoms with Crippen LogP contribution in [0, 0.1) is 40.4 Å².